The molecule has 9 heteroatoms. The summed E-state index contributed by atoms with van der Waals surface area (Å²) in [5, 5.41) is 16.4. The van der Waals surface area contributed by atoms with Crippen molar-refractivity contribution in [3.05, 3.63) is 29.7 Å². The molecule has 1 saturated heterocycles. The van der Waals surface area contributed by atoms with Crippen LogP contribution in [-0.2, 0) is 6.18 Å². The van der Waals surface area contributed by atoms with E-state index in [4.69, 9.17) is 9.26 Å². The van der Waals surface area contributed by atoms with E-state index in [1.165, 1.54) is 18.6 Å². The van der Waals surface area contributed by atoms with Crippen LogP contribution in [0.25, 0.3) is 11.4 Å². The van der Waals surface area contributed by atoms with Crippen molar-refractivity contribution in [2.45, 2.75) is 70.2 Å². The Morgan fingerprint density at radius 3 is 2.67 bits per heavy atom. The standard InChI is InChI=1S/C21H28F3N3O3/c1-2-3-4-5-6-7-10-29-18-9-8-14(11-16(18)21(22,23)24)19-26-20(30-27-19)17-12-15(28)13-25-17/h8-9,11,15,17,25,28H,2-7,10,12-13H2,1H3/t15-,17+/m1/s1. The normalized spacial score (nSPS) is 19.4. The van der Waals surface area contributed by atoms with Crippen molar-refractivity contribution < 1.29 is 27.5 Å². The van der Waals surface area contributed by atoms with Crippen LogP contribution in [0.3, 0.4) is 0 Å². The molecule has 1 aliphatic rings. The SMILES string of the molecule is CCCCCCCCOc1ccc(-c2noc([C@@H]3C[C@@H](O)CN3)n2)cc1C(F)(F)F. The first-order valence-electron chi connectivity index (χ1n) is 10.5. The minimum atomic E-state index is -4.56. The predicted octanol–water partition coefficient (Wildman–Crippen LogP) is 4.89. The molecule has 0 spiro atoms. The molecule has 1 aromatic carbocycles. The number of aliphatic hydroxyl groups is 1. The highest BCUT2D eigenvalue weighted by Crippen LogP contribution is 2.38. The maximum atomic E-state index is 13.6. The number of unbranched alkanes of at least 4 members (excludes halogenated alkanes) is 5. The Hall–Kier alpha value is -2.13. The molecular weight excluding hydrogens is 399 g/mol. The second-order valence-corrected chi connectivity index (χ2v) is 7.63. The molecule has 1 aromatic heterocycles. The summed E-state index contributed by atoms with van der Waals surface area (Å²) in [5.74, 6) is 0.129. The number of nitrogens with one attached hydrogen (secondary N) is 1. The fourth-order valence-corrected chi connectivity index (χ4v) is 3.48. The Kier molecular flexibility index (Phi) is 7.71. The molecule has 166 valence electrons. The lowest BCUT2D eigenvalue weighted by atomic mass is 10.1. The second-order valence-electron chi connectivity index (χ2n) is 7.63. The van der Waals surface area contributed by atoms with Gasteiger partial charge in [0.15, 0.2) is 0 Å². The fourth-order valence-electron chi connectivity index (χ4n) is 3.48. The average molecular weight is 427 g/mol. The van der Waals surface area contributed by atoms with Crippen molar-refractivity contribution >= 4 is 0 Å². The summed E-state index contributed by atoms with van der Waals surface area (Å²) in [6, 6.07) is 3.49. The van der Waals surface area contributed by atoms with Crippen LogP contribution in [0.1, 0.15) is 69.4 Å². The van der Waals surface area contributed by atoms with Gasteiger partial charge in [-0.15, -0.1) is 0 Å². The predicted molar refractivity (Wildman–Crippen MR) is 105 cm³/mol. The lowest BCUT2D eigenvalue weighted by Crippen LogP contribution is -2.15. The number of aliphatic hydroxyl groups excluding tert-OH is 1. The maximum Gasteiger partial charge on any atom is 0.419 e. The van der Waals surface area contributed by atoms with Gasteiger partial charge in [-0.1, -0.05) is 44.2 Å². The number of rotatable bonds is 10. The molecule has 0 unspecified atom stereocenters. The lowest BCUT2D eigenvalue weighted by Gasteiger charge is -2.14. The number of halogens is 3. The van der Waals surface area contributed by atoms with E-state index in [1.807, 2.05) is 0 Å². The molecule has 1 fully saturated rings. The Morgan fingerprint density at radius 2 is 1.97 bits per heavy atom. The summed E-state index contributed by atoms with van der Waals surface area (Å²) >= 11 is 0. The van der Waals surface area contributed by atoms with E-state index in [9.17, 15) is 18.3 Å². The third-order valence-corrected chi connectivity index (χ3v) is 5.15. The first-order chi connectivity index (χ1) is 14.4. The summed E-state index contributed by atoms with van der Waals surface area (Å²) in [4.78, 5) is 4.20. The van der Waals surface area contributed by atoms with Crippen molar-refractivity contribution in [2.24, 2.45) is 0 Å². The van der Waals surface area contributed by atoms with Gasteiger partial charge in [0.05, 0.1) is 24.3 Å². The number of aromatic nitrogens is 2. The molecule has 0 aliphatic carbocycles. The first-order valence-corrected chi connectivity index (χ1v) is 10.5. The Bertz CT molecular complexity index is 810. The van der Waals surface area contributed by atoms with E-state index in [1.54, 1.807) is 0 Å². The van der Waals surface area contributed by atoms with Crippen LogP contribution in [0.5, 0.6) is 5.75 Å². The van der Waals surface area contributed by atoms with Crippen molar-refractivity contribution in [1.82, 2.24) is 15.5 Å². The van der Waals surface area contributed by atoms with Gasteiger partial charge >= 0.3 is 6.18 Å². The Labute approximate surface area is 173 Å². The third kappa shape index (κ3) is 5.95. The van der Waals surface area contributed by atoms with Gasteiger partial charge in [0, 0.05) is 12.1 Å². The van der Waals surface area contributed by atoms with Crippen LogP contribution in [0.2, 0.25) is 0 Å². The van der Waals surface area contributed by atoms with E-state index in [0.29, 0.717) is 13.0 Å². The van der Waals surface area contributed by atoms with E-state index >= 15 is 0 Å². The quantitative estimate of drug-likeness (QED) is 0.526. The number of hydrogen-bond acceptors (Lipinski definition) is 6. The van der Waals surface area contributed by atoms with Gasteiger partial charge in [0.2, 0.25) is 11.7 Å². The van der Waals surface area contributed by atoms with Crippen LogP contribution < -0.4 is 10.1 Å². The molecule has 0 amide bonds. The molecule has 30 heavy (non-hydrogen) atoms. The van der Waals surface area contributed by atoms with Crippen LogP contribution in [0.4, 0.5) is 13.2 Å². The van der Waals surface area contributed by atoms with Crippen molar-refractivity contribution in [3.63, 3.8) is 0 Å². The zero-order valence-electron chi connectivity index (χ0n) is 17.0. The first kappa shape index (κ1) is 22.6. The monoisotopic (exact) mass is 427 g/mol. The number of ether oxygens (including phenoxy) is 1. The number of alkyl halides is 3. The fraction of sp³-hybridized carbons (Fsp3) is 0.619. The highest BCUT2D eigenvalue weighted by molar-refractivity contribution is 5.59. The van der Waals surface area contributed by atoms with Crippen LogP contribution in [0.15, 0.2) is 22.7 Å². The van der Waals surface area contributed by atoms with E-state index < -0.39 is 17.8 Å². The maximum absolute atomic E-state index is 13.6. The van der Waals surface area contributed by atoms with E-state index in [-0.39, 0.29) is 35.7 Å². The second kappa shape index (κ2) is 10.3. The van der Waals surface area contributed by atoms with Gasteiger partial charge in [-0.25, -0.2) is 0 Å². The third-order valence-electron chi connectivity index (χ3n) is 5.15. The van der Waals surface area contributed by atoms with Crippen molar-refractivity contribution in [1.29, 1.82) is 0 Å². The highest BCUT2D eigenvalue weighted by Gasteiger charge is 2.35. The number of nitrogens with zero attached hydrogens (tertiary/aromatic N) is 2. The number of hydrogen-bond donors (Lipinski definition) is 2. The molecule has 1 aliphatic heterocycles. The zero-order valence-corrected chi connectivity index (χ0v) is 17.0. The summed E-state index contributed by atoms with van der Waals surface area (Å²) in [5.41, 5.74) is -0.658. The molecule has 2 aromatic rings. The summed E-state index contributed by atoms with van der Waals surface area (Å²) in [7, 11) is 0. The lowest BCUT2D eigenvalue weighted by molar-refractivity contribution is -0.138. The number of benzene rings is 1. The van der Waals surface area contributed by atoms with Crippen LogP contribution in [-0.4, -0.2) is 34.5 Å². The molecule has 0 saturated carbocycles. The summed E-state index contributed by atoms with van der Waals surface area (Å²) < 4.78 is 51.3. The highest BCUT2D eigenvalue weighted by atomic mass is 19.4. The van der Waals surface area contributed by atoms with E-state index in [0.717, 1.165) is 38.2 Å². The molecule has 0 bridgehead atoms. The van der Waals surface area contributed by atoms with Crippen molar-refractivity contribution in [3.8, 4) is 17.1 Å². The molecule has 2 heterocycles. The van der Waals surface area contributed by atoms with Gasteiger partial charge in [-0.3, -0.25) is 0 Å². The van der Waals surface area contributed by atoms with Crippen molar-refractivity contribution in [2.75, 3.05) is 13.2 Å². The summed E-state index contributed by atoms with van der Waals surface area (Å²) in [6.07, 6.45) is 1.54. The molecular formula is C21H28F3N3O3. The molecule has 0 radical (unpaired) electrons. The van der Waals surface area contributed by atoms with Crippen LogP contribution >= 0.6 is 0 Å². The Balaban J connectivity index is 1.66. The average Bonchev–Trinajstić information content (AvgIpc) is 3.36. The van der Waals surface area contributed by atoms with Gasteiger partial charge in [0.1, 0.15) is 5.75 Å². The van der Waals surface area contributed by atoms with Gasteiger partial charge in [-0.05, 0) is 31.0 Å². The smallest absolute Gasteiger partial charge is 0.419 e. The molecule has 2 atom stereocenters. The largest absolute Gasteiger partial charge is 0.493 e. The summed E-state index contributed by atoms with van der Waals surface area (Å²) in [6.45, 7) is 2.79. The molecule has 2 N–H and O–H groups in total. The van der Waals surface area contributed by atoms with Gasteiger partial charge in [0.25, 0.3) is 0 Å². The molecule has 3 rings (SSSR count). The Morgan fingerprint density at radius 1 is 1.20 bits per heavy atom. The zero-order chi connectivity index (χ0) is 21.6. The minimum absolute atomic E-state index is 0.0705. The number of β-amino-alcohol motifs (C(OH)–C–C–N with tert-alkyl or cyclic N) is 1. The topological polar surface area (TPSA) is 80.4 Å². The van der Waals surface area contributed by atoms with Gasteiger partial charge in [-0.2, -0.15) is 18.2 Å². The van der Waals surface area contributed by atoms with Gasteiger partial charge < -0.3 is 19.7 Å². The van der Waals surface area contributed by atoms with E-state index in [2.05, 4.69) is 22.4 Å². The van der Waals surface area contributed by atoms with Crippen LogP contribution in [0, 0.1) is 0 Å². The molecule has 6 nitrogen and oxygen atoms in total. The minimum Gasteiger partial charge on any atom is -0.493 e.